The third kappa shape index (κ3) is 2.77. The summed E-state index contributed by atoms with van der Waals surface area (Å²) in [6.45, 7) is 2.26. The summed E-state index contributed by atoms with van der Waals surface area (Å²) in [6, 6.07) is 0. The summed E-state index contributed by atoms with van der Waals surface area (Å²) >= 11 is 8.40. The Labute approximate surface area is 90.3 Å². The van der Waals surface area contributed by atoms with Gasteiger partial charge in [0.2, 0.25) is 0 Å². The fraction of sp³-hybridized carbons (Fsp3) is 0.714. The van der Waals surface area contributed by atoms with Gasteiger partial charge in [-0.3, -0.25) is 5.10 Å². The van der Waals surface area contributed by atoms with Gasteiger partial charge in [0.1, 0.15) is 0 Å². The lowest BCUT2D eigenvalue weighted by atomic mass is 10.2. The van der Waals surface area contributed by atoms with Crippen molar-refractivity contribution in [3.63, 3.8) is 0 Å². The van der Waals surface area contributed by atoms with Crippen molar-refractivity contribution in [2.75, 3.05) is 13.1 Å². The second-order valence-electron chi connectivity index (χ2n) is 2.95. The average molecular weight is 233 g/mol. The van der Waals surface area contributed by atoms with Gasteiger partial charge in [0.05, 0.1) is 0 Å². The van der Waals surface area contributed by atoms with Gasteiger partial charge in [-0.2, -0.15) is 5.10 Å². The van der Waals surface area contributed by atoms with Gasteiger partial charge in [0.15, 0.2) is 8.29 Å². The highest BCUT2D eigenvalue weighted by Gasteiger charge is 2.15. The molecule has 0 aromatic carbocycles. The molecule has 72 valence electrons. The first-order chi connectivity index (χ1) is 6.34. The molecule has 1 aliphatic heterocycles. The molecular weight excluding hydrogens is 222 g/mol. The topological polar surface area (TPSA) is 40.7 Å². The second kappa shape index (κ2) is 4.54. The highest BCUT2D eigenvalue weighted by Crippen LogP contribution is 2.29. The molecule has 0 unspecified atom stereocenters. The number of hydrogen-bond donors (Lipinski definition) is 2. The Kier molecular flexibility index (Phi) is 3.37. The summed E-state index contributed by atoms with van der Waals surface area (Å²) in [4.78, 5) is 0. The zero-order valence-corrected chi connectivity index (χ0v) is 9.53. The van der Waals surface area contributed by atoms with E-state index >= 15 is 0 Å². The highest BCUT2D eigenvalue weighted by atomic mass is 32.2. The largest absolute Gasteiger partial charge is 0.317 e. The maximum atomic E-state index is 4.98. The van der Waals surface area contributed by atoms with Crippen LogP contribution in [0.3, 0.4) is 0 Å². The lowest BCUT2D eigenvalue weighted by molar-refractivity contribution is 0.531. The molecule has 1 aromatic heterocycles. The Balaban J connectivity index is 1.93. The number of nitrogens with zero attached hydrogens (tertiary/aromatic N) is 1. The molecule has 1 aromatic rings. The minimum absolute atomic E-state index is 0.718. The summed E-state index contributed by atoms with van der Waals surface area (Å²) in [5, 5.41) is 11.0. The molecule has 0 saturated carbocycles. The van der Waals surface area contributed by atoms with Crippen LogP contribution in [0.4, 0.5) is 0 Å². The van der Waals surface area contributed by atoms with Crippen LogP contribution < -0.4 is 5.32 Å². The zero-order valence-electron chi connectivity index (χ0n) is 7.08. The standard InChI is InChI=1S/C7H11N3S3/c11-6-9-10-7(13-6)12-5-1-3-8-4-2-5/h5,8H,1-4H2,(H,9,11). The molecule has 0 spiro atoms. The summed E-state index contributed by atoms with van der Waals surface area (Å²) in [6.07, 6.45) is 2.47. The van der Waals surface area contributed by atoms with Crippen LogP contribution in [-0.2, 0) is 0 Å². The summed E-state index contributed by atoms with van der Waals surface area (Å²) < 4.78 is 1.85. The predicted octanol–water partition coefficient (Wildman–Crippen LogP) is 2.04. The average Bonchev–Trinajstić information content (AvgIpc) is 2.53. The maximum Gasteiger partial charge on any atom is 0.177 e. The Hall–Kier alpha value is 0.0900. The van der Waals surface area contributed by atoms with E-state index in [9.17, 15) is 0 Å². The highest BCUT2D eigenvalue weighted by molar-refractivity contribution is 8.01. The van der Waals surface area contributed by atoms with Gasteiger partial charge in [-0.1, -0.05) is 23.1 Å². The number of rotatable bonds is 2. The van der Waals surface area contributed by atoms with Crippen molar-refractivity contribution in [2.24, 2.45) is 0 Å². The van der Waals surface area contributed by atoms with Crippen molar-refractivity contribution in [1.82, 2.24) is 15.5 Å². The molecule has 0 amide bonds. The molecule has 1 fully saturated rings. The van der Waals surface area contributed by atoms with Crippen molar-refractivity contribution >= 4 is 35.3 Å². The molecule has 13 heavy (non-hydrogen) atoms. The van der Waals surface area contributed by atoms with Gasteiger partial charge in [-0.25, -0.2) is 0 Å². The Morgan fingerprint density at radius 1 is 1.46 bits per heavy atom. The van der Waals surface area contributed by atoms with Crippen molar-refractivity contribution < 1.29 is 0 Å². The molecule has 2 N–H and O–H groups in total. The van der Waals surface area contributed by atoms with E-state index in [4.69, 9.17) is 12.2 Å². The number of H-pyrrole nitrogens is 1. The smallest absolute Gasteiger partial charge is 0.177 e. The molecule has 2 heterocycles. The molecule has 0 atom stereocenters. The number of aromatic amines is 1. The predicted molar refractivity (Wildman–Crippen MR) is 59.0 cm³/mol. The molecular formula is C7H11N3S3. The van der Waals surface area contributed by atoms with Crippen LogP contribution in [0.5, 0.6) is 0 Å². The van der Waals surface area contributed by atoms with E-state index in [1.54, 1.807) is 11.3 Å². The lowest BCUT2D eigenvalue weighted by Gasteiger charge is -2.20. The van der Waals surface area contributed by atoms with Gasteiger partial charge in [-0.15, -0.1) is 0 Å². The minimum atomic E-state index is 0.718. The van der Waals surface area contributed by atoms with E-state index in [-0.39, 0.29) is 0 Å². The quantitative estimate of drug-likeness (QED) is 0.767. The first-order valence-corrected chi connectivity index (χ1v) is 6.38. The van der Waals surface area contributed by atoms with E-state index < -0.39 is 0 Å². The molecule has 0 aliphatic carbocycles. The van der Waals surface area contributed by atoms with Crippen LogP contribution in [0, 0.1) is 3.95 Å². The van der Waals surface area contributed by atoms with Crippen molar-refractivity contribution in [1.29, 1.82) is 0 Å². The Morgan fingerprint density at radius 3 is 2.85 bits per heavy atom. The summed E-state index contributed by atoms with van der Waals surface area (Å²) in [5.74, 6) is 0. The number of nitrogens with one attached hydrogen (secondary N) is 2. The molecule has 1 aliphatic rings. The van der Waals surface area contributed by atoms with Crippen LogP contribution in [0.2, 0.25) is 0 Å². The lowest BCUT2D eigenvalue weighted by Crippen LogP contribution is -2.29. The van der Waals surface area contributed by atoms with E-state index in [0.29, 0.717) is 0 Å². The minimum Gasteiger partial charge on any atom is -0.317 e. The fourth-order valence-corrected chi connectivity index (χ4v) is 3.81. The van der Waals surface area contributed by atoms with E-state index in [1.807, 2.05) is 11.8 Å². The Bertz CT molecular complexity index is 313. The second-order valence-corrected chi connectivity index (χ2v) is 6.16. The van der Waals surface area contributed by atoms with Crippen molar-refractivity contribution in [2.45, 2.75) is 22.4 Å². The summed E-state index contributed by atoms with van der Waals surface area (Å²) in [7, 11) is 0. The van der Waals surface area contributed by atoms with Gasteiger partial charge >= 0.3 is 0 Å². The third-order valence-electron chi connectivity index (χ3n) is 1.97. The van der Waals surface area contributed by atoms with Crippen LogP contribution in [-0.4, -0.2) is 28.5 Å². The van der Waals surface area contributed by atoms with Gasteiger partial charge in [0, 0.05) is 5.25 Å². The van der Waals surface area contributed by atoms with Crippen LogP contribution in [0.15, 0.2) is 4.34 Å². The normalized spacial score (nSPS) is 19.1. The van der Waals surface area contributed by atoms with Gasteiger partial charge in [0.25, 0.3) is 0 Å². The van der Waals surface area contributed by atoms with E-state index in [2.05, 4.69) is 15.5 Å². The van der Waals surface area contributed by atoms with Gasteiger partial charge in [-0.05, 0) is 38.1 Å². The van der Waals surface area contributed by atoms with E-state index in [1.165, 1.54) is 12.8 Å². The third-order valence-corrected chi connectivity index (χ3v) is 4.49. The number of thioether (sulfide) groups is 1. The van der Waals surface area contributed by atoms with Gasteiger partial charge < -0.3 is 5.32 Å². The molecule has 0 radical (unpaired) electrons. The molecule has 0 bridgehead atoms. The van der Waals surface area contributed by atoms with Crippen LogP contribution in [0.1, 0.15) is 12.8 Å². The first kappa shape index (κ1) is 9.64. The molecule has 1 saturated heterocycles. The monoisotopic (exact) mass is 233 g/mol. The Morgan fingerprint density at radius 2 is 2.23 bits per heavy atom. The van der Waals surface area contributed by atoms with Crippen LogP contribution in [0.25, 0.3) is 0 Å². The first-order valence-electron chi connectivity index (χ1n) is 4.27. The van der Waals surface area contributed by atoms with E-state index in [0.717, 1.165) is 26.6 Å². The SMILES string of the molecule is S=c1[nH]nc(SC2CCNCC2)s1. The maximum absolute atomic E-state index is 4.98. The number of piperidine rings is 1. The molecule has 2 rings (SSSR count). The van der Waals surface area contributed by atoms with Crippen LogP contribution >= 0.6 is 35.3 Å². The molecule has 6 heteroatoms. The van der Waals surface area contributed by atoms with Crippen molar-refractivity contribution in [3.8, 4) is 0 Å². The zero-order chi connectivity index (χ0) is 9.10. The summed E-state index contributed by atoms with van der Waals surface area (Å²) in [5.41, 5.74) is 0. The fourth-order valence-electron chi connectivity index (χ4n) is 1.32. The number of hydrogen-bond acceptors (Lipinski definition) is 5. The number of aromatic nitrogens is 2. The molecule has 3 nitrogen and oxygen atoms in total. The van der Waals surface area contributed by atoms with Crippen molar-refractivity contribution in [3.05, 3.63) is 3.95 Å².